The second-order valence-electron chi connectivity index (χ2n) is 4.61. The van der Waals surface area contributed by atoms with Gasteiger partial charge in [-0.2, -0.15) is 0 Å². The molecule has 0 unspecified atom stereocenters. The predicted molar refractivity (Wildman–Crippen MR) is 87.1 cm³/mol. The molecule has 0 spiro atoms. The maximum absolute atomic E-state index is 14.3. The van der Waals surface area contributed by atoms with E-state index in [0.717, 1.165) is 20.8 Å². The Balaban J connectivity index is 1.99. The van der Waals surface area contributed by atoms with Crippen molar-refractivity contribution in [3.63, 3.8) is 0 Å². The van der Waals surface area contributed by atoms with E-state index in [0.29, 0.717) is 5.56 Å². The lowest BCUT2D eigenvalue weighted by Crippen LogP contribution is -1.80. The van der Waals surface area contributed by atoms with Gasteiger partial charge >= 0.3 is 0 Å². The van der Waals surface area contributed by atoms with Gasteiger partial charge in [-0.3, -0.25) is 0 Å². The summed E-state index contributed by atoms with van der Waals surface area (Å²) in [7, 11) is 0. The third-order valence-corrected chi connectivity index (χ3v) is 3.72. The van der Waals surface area contributed by atoms with Crippen LogP contribution in [0, 0.1) is 0 Å². The summed E-state index contributed by atoms with van der Waals surface area (Å²) in [5.74, 6) is -0.224. The van der Waals surface area contributed by atoms with Gasteiger partial charge in [-0.25, -0.2) is 4.39 Å². The number of hydrogen-bond acceptors (Lipinski definition) is 0. The summed E-state index contributed by atoms with van der Waals surface area (Å²) in [5, 5.41) is 2.16. The summed E-state index contributed by atoms with van der Waals surface area (Å²) in [4.78, 5) is 0. The summed E-state index contributed by atoms with van der Waals surface area (Å²) >= 11 is 3.37. The van der Waals surface area contributed by atoms with Gasteiger partial charge in [0.1, 0.15) is 5.83 Å². The summed E-state index contributed by atoms with van der Waals surface area (Å²) in [6.45, 7) is 0. The van der Waals surface area contributed by atoms with Crippen LogP contribution in [0.4, 0.5) is 4.39 Å². The SMILES string of the molecule is F/C(=C/c1ccc(Br)cc1)c1ccc2ccccc2c1. The molecule has 2 heteroatoms. The second-order valence-corrected chi connectivity index (χ2v) is 5.52. The molecule has 0 radical (unpaired) electrons. The zero-order chi connectivity index (χ0) is 13.9. The smallest absolute Gasteiger partial charge is 0.131 e. The van der Waals surface area contributed by atoms with Crippen molar-refractivity contribution in [3.05, 3.63) is 82.3 Å². The van der Waals surface area contributed by atoms with E-state index in [1.807, 2.05) is 66.7 Å². The number of halogens is 2. The molecule has 0 heterocycles. The van der Waals surface area contributed by atoms with Crippen LogP contribution < -0.4 is 0 Å². The minimum atomic E-state index is -0.224. The van der Waals surface area contributed by atoms with Gasteiger partial charge in [0, 0.05) is 10.0 Å². The summed E-state index contributed by atoms with van der Waals surface area (Å²) < 4.78 is 15.3. The predicted octanol–water partition coefficient (Wildman–Crippen LogP) is 6.07. The van der Waals surface area contributed by atoms with Gasteiger partial charge < -0.3 is 0 Å². The van der Waals surface area contributed by atoms with Crippen LogP contribution in [0.1, 0.15) is 11.1 Å². The monoisotopic (exact) mass is 326 g/mol. The fourth-order valence-corrected chi connectivity index (χ4v) is 2.39. The maximum Gasteiger partial charge on any atom is 0.131 e. The van der Waals surface area contributed by atoms with Crippen LogP contribution in [-0.4, -0.2) is 0 Å². The van der Waals surface area contributed by atoms with Gasteiger partial charge in [0.25, 0.3) is 0 Å². The molecule has 20 heavy (non-hydrogen) atoms. The molecule has 0 aromatic heterocycles. The van der Waals surface area contributed by atoms with E-state index in [4.69, 9.17) is 0 Å². The first kappa shape index (κ1) is 13.1. The highest BCUT2D eigenvalue weighted by Gasteiger charge is 2.02. The molecule has 0 fully saturated rings. The van der Waals surface area contributed by atoms with Gasteiger partial charge in [0.15, 0.2) is 0 Å². The number of benzene rings is 3. The van der Waals surface area contributed by atoms with E-state index in [1.54, 1.807) is 6.08 Å². The molecular weight excluding hydrogens is 315 g/mol. The van der Waals surface area contributed by atoms with Crippen molar-refractivity contribution in [2.75, 3.05) is 0 Å². The van der Waals surface area contributed by atoms with E-state index >= 15 is 0 Å². The number of rotatable bonds is 2. The van der Waals surface area contributed by atoms with Gasteiger partial charge in [-0.1, -0.05) is 64.5 Å². The van der Waals surface area contributed by atoms with E-state index in [2.05, 4.69) is 15.9 Å². The van der Waals surface area contributed by atoms with Crippen molar-refractivity contribution in [1.29, 1.82) is 0 Å². The van der Waals surface area contributed by atoms with Crippen LogP contribution in [0.2, 0.25) is 0 Å². The molecule has 0 aliphatic rings. The van der Waals surface area contributed by atoms with Crippen LogP contribution in [0.25, 0.3) is 22.7 Å². The summed E-state index contributed by atoms with van der Waals surface area (Å²) in [6, 6.07) is 21.2. The molecule has 0 N–H and O–H groups in total. The largest absolute Gasteiger partial charge is 0.206 e. The lowest BCUT2D eigenvalue weighted by molar-refractivity contribution is 0.765. The lowest BCUT2D eigenvalue weighted by atomic mass is 10.1. The van der Waals surface area contributed by atoms with Crippen molar-refractivity contribution < 1.29 is 4.39 Å². The van der Waals surface area contributed by atoms with Gasteiger partial charge in [0.05, 0.1) is 0 Å². The van der Waals surface area contributed by atoms with Crippen LogP contribution in [0.5, 0.6) is 0 Å². The molecule has 0 aliphatic heterocycles. The quantitative estimate of drug-likeness (QED) is 0.501. The minimum Gasteiger partial charge on any atom is -0.206 e. The van der Waals surface area contributed by atoms with Crippen molar-refractivity contribution in [2.24, 2.45) is 0 Å². The Morgan fingerprint density at radius 2 is 1.55 bits per heavy atom. The molecule has 0 nitrogen and oxygen atoms in total. The Bertz CT molecular complexity index is 773. The molecule has 0 saturated heterocycles. The Kier molecular flexibility index (Phi) is 3.66. The Hall–Kier alpha value is -1.93. The molecule has 3 aromatic carbocycles. The summed E-state index contributed by atoms with van der Waals surface area (Å²) in [6.07, 6.45) is 1.55. The van der Waals surface area contributed by atoms with E-state index < -0.39 is 0 Å². The van der Waals surface area contributed by atoms with Gasteiger partial charge in [-0.05, 0) is 40.6 Å². The average Bonchev–Trinajstić information content (AvgIpc) is 2.49. The molecule has 0 aliphatic carbocycles. The van der Waals surface area contributed by atoms with E-state index in [-0.39, 0.29) is 5.83 Å². The molecule has 3 aromatic rings. The molecule has 0 amide bonds. The summed E-state index contributed by atoms with van der Waals surface area (Å²) in [5.41, 5.74) is 1.45. The highest BCUT2D eigenvalue weighted by molar-refractivity contribution is 9.10. The molecule has 0 saturated carbocycles. The molecular formula is C18H12BrF. The Morgan fingerprint density at radius 3 is 2.30 bits per heavy atom. The highest BCUT2D eigenvalue weighted by Crippen LogP contribution is 2.24. The zero-order valence-electron chi connectivity index (χ0n) is 10.7. The fourth-order valence-electron chi connectivity index (χ4n) is 2.13. The second kappa shape index (κ2) is 5.59. The maximum atomic E-state index is 14.3. The first-order valence-electron chi connectivity index (χ1n) is 6.34. The van der Waals surface area contributed by atoms with Crippen molar-refractivity contribution in [1.82, 2.24) is 0 Å². The standard InChI is InChI=1S/C18H12BrF/c19-17-9-5-13(6-10-17)11-18(20)16-8-7-14-3-1-2-4-15(14)12-16/h1-12H/b18-11+. The average molecular weight is 327 g/mol. The number of hydrogen-bond donors (Lipinski definition) is 0. The van der Waals surface area contributed by atoms with Gasteiger partial charge in [0.2, 0.25) is 0 Å². The Morgan fingerprint density at radius 1 is 0.850 bits per heavy atom. The van der Waals surface area contributed by atoms with Crippen LogP contribution in [0.3, 0.4) is 0 Å². The lowest BCUT2D eigenvalue weighted by Gasteiger charge is -2.02. The first-order chi connectivity index (χ1) is 9.72. The van der Waals surface area contributed by atoms with E-state index in [1.165, 1.54) is 0 Å². The Labute approximate surface area is 125 Å². The third-order valence-electron chi connectivity index (χ3n) is 3.19. The van der Waals surface area contributed by atoms with Crippen molar-refractivity contribution >= 4 is 38.6 Å². The minimum absolute atomic E-state index is 0.224. The topological polar surface area (TPSA) is 0 Å². The third kappa shape index (κ3) is 2.81. The van der Waals surface area contributed by atoms with Crippen LogP contribution >= 0.6 is 15.9 Å². The zero-order valence-corrected chi connectivity index (χ0v) is 12.3. The molecule has 3 rings (SSSR count). The van der Waals surface area contributed by atoms with Gasteiger partial charge in [-0.15, -0.1) is 0 Å². The van der Waals surface area contributed by atoms with Crippen molar-refractivity contribution in [3.8, 4) is 0 Å². The highest BCUT2D eigenvalue weighted by atomic mass is 79.9. The molecule has 0 bridgehead atoms. The molecule has 0 atom stereocenters. The van der Waals surface area contributed by atoms with Crippen LogP contribution in [0.15, 0.2) is 71.2 Å². The molecule has 98 valence electrons. The fraction of sp³-hybridized carbons (Fsp3) is 0. The van der Waals surface area contributed by atoms with E-state index in [9.17, 15) is 4.39 Å². The van der Waals surface area contributed by atoms with Crippen molar-refractivity contribution in [2.45, 2.75) is 0 Å². The number of fused-ring (bicyclic) bond motifs is 1. The normalized spacial score (nSPS) is 11.8. The first-order valence-corrected chi connectivity index (χ1v) is 7.14. The van der Waals surface area contributed by atoms with Crippen LogP contribution in [-0.2, 0) is 0 Å².